The Balaban J connectivity index is 1.44. The van der Waals surface area contributed by atoms with Crippen molar-refractivity contribution < 1.29 is 0 Å². The van der Waals surface area contributed by atoms with Gasteiger partial charge in [0.05, 0.1) is 27.8 Å². The molecule has 0 aliphatic carbocycles. The first-order valence-electron chi connectivity index (χ1n) is 15.0. The van der Waals surface area contributed by atoms with Crippen LogP contribution in [-0.4, -0.2) is 24.5 Å². The standard InChI is InChI=1S/C40H23N7/c41-20-26-22-43-39(44-23-26)32-13-16-36(35(17-32)40-45-24-27(21-42)25-46-40)47-37-18-30(28-7-3-1-4-8-28)11-14-33(37)34-15-12-31(19-38(34)47)29-9-5-2-6-10-29/h1-19,22-25H. The van der Waals surface area contributed by atoms with Gasteiger partial charge in [0, 0.05) is 46.7 Å². The summed E-state index contributed by atoms with van der Waals surface area (Å²) < 4.78 is 2.27. The quantitative estimate of drug-likeness (QED) is 0.195. The number of rotatable bonds is 5. The molecule has 7 heteroatoms. The van der Waals surface area contributed by atoms with Crippen LogP contribution in [-0.2, 0) is 0 Å². The summed E-state index contributed by atoms with van der Waals surface area (Å²) in [5.74, 6) is 0.938. The summed E-state index contributed by atoms with van der Waals surface area (Å²) in [6.45, 7) is 0. The maximum absolute atomic E-state index is 9.44. The van der Waals surface area contributed by atoms with Gasteiger partial charge in [0.15, 0.2) is 11.6 Å². The highest BCUT2D eigenvalue weighted by atomic mass is 15.0. The molecule has 0 fully saturated rings. The van der Waals surface area contributed by atoms with Gasteiger partial charge in [0.25, 0.3) is 0 Å². The lowest BCUT2D eigenvalue weighted by molar-refractivity contribution is 1.12. The average Bonchev–Trinajstić information content (AvgIpc) is 3.48. The van der Waals surface area contributed by atoms with E-state index in [4.69, 9.17) is 0 Å². The van der Waals surface area contributed by atoms with Crippen LogP contribution in [0, 0.1) is 22.7 Å². The van der Waals surface area contributed by atoms with Crippen LogP contribution >= 0.6 is 0 Å². The summed E-state index contributed by atoms with van der Waals surface area (Å²) in [7, 11) is 0. The number of nitrogens with zero attached hydrogens (tertiary/aromatic N) is 7. The Morgan fingerprint density at radius 3 is 1.40 bits per heavy atom. The Kier molecular flexibility index (Phi) is 6.76. The van der Waals surface area contributed by atoms with Gasteiger partial charge in [0.1, 0.15) is 12.1 Å². The molecule has 8 rings (SSSR count). The molecular weight excluding hydrogens is 578 g/mol. The number of hydrogen-bond acceptors (Lipinski definition) is 6. The van der Waals surface area contributed by atoms with Crippen LogP contribution in [0.2, 0.25) is 0 Å². The van der Waals surface area contributed by atoms with E-state index >= 15 is 0 Å². The molecule has 0 aliphatic heterocycles. The molecule has 7 nitrogen and oxygen atoms in total. The van der Waals surface area contributed by atoms with Gasteiger partial charge in [-0.2, -0.15) is 10.5 Å². The van der Waals surface area contributed by atoms with Crippen molar-refractivity contribution in [2.24, 2.45) is 0 Å². The Hall–Kier alpha value is -6.96. The van der Waals surface area contributed by atoms with Crippen molar-refractivity contribution in [2.45, 2.75) is 0 Å². The summed E-state index contributed by atoms with van der Waals surface area (Å²) in [5, 5.41) is 20.9. The highest BCUT2D eigenvalue weighted by molar-refractivity contribution is 6.11. The fourth-order valence-electron chi connectivity index (χ4n) is 6.01. The maximum atomic E-state index is 9.44. The van der Waals surface area contributed by atoms with Crippen molar-refractivity contribution in [1.29, 1.82) is 10.5 Å². The minimum absolute atomic E-state index is 0.374. The molecule has 47 heavy (non-hydrogen) atoms. The van der Waals surface area contributed by atoms with Gasteiger partial charge < -0.3 is 4.57 Å². The van der Waals surface area contributed by atoms with E-state index in [0.717, 1.165) is 60.9 Å². The number of benzene rings is 5. The van der Waals surface area contributed by atoms with Crippen molar-refractivity contribution in [1.82, 2.24) is 24.5 Å². The molecule has 0 bridgehead atoms. The van der Waals surface area contributed by atoms with E-state index in [1.807, 2.05) is 54.6 Å². The number of hydrogen-bond donors (Lipinski definition) is 0. The van der Waals surface area contributed by atoms with Gasteiger partial charge in [0.2, 0.25) is 0 Å². The van der Waals surface area contributed by atoms with Crippen LogP contribution in [0.5, 0.6) is 0 Å². The van der Waals surface area contributed by atoms with Crippen molar-refractivity contribution in [3.63, 3.8) is 0 Å². The van der Waals surface area contributed by atoms with Crippen molar-refractivity contribution in [3.05, 3.63) is 151 Å². The molecule has 218 valence electrons. The fraction of sp³-hybridized carbons (Fsp3) is 0. The first kappa shape index (κ1) is 27.6. The zero-order chi connectivity index (χ0) is 31.7. The second-order valence-corrected chi connectivity index (χ2v) is 11.1. The zero-order valence-electron chi connectivity index (χ0n) is 24.9. The molecule has 0 spiro atoms. The number of aromatic nitrogens is 5. The van der Waals surface area contributed by atoms with Gasteiger partial charge in [-0.15, -0.1) is 0 Å². The molecule has 8 aromatic rings. The Morgan fingerprint density at radius 2 is 0.915 bits per heavy atom. The normalized spacial score (nSPS) is 10.9. The Bertz CT molecular complexity index is 2410. The van der Waals surface area contributed by atoms with E-state index in [1.54, 1.807) is 0 Å². The van der Waals surface area contributed by atoms with E-state index in [0.29, 0.717) is 22.8 Å². The third kappa shape index (κ3) is 4.95. The molecule has 0 unspecified atom stereocenters. The van der Waals surface area contributed by atoms with E-state index < -0.39 is 0 Å². The topological polar surface area (TPSA) is 104 Å². The summed E-state index contributed by atoms with van der Waals surface area (Å²) >= 11 is 0. The van der Waals surface area contributed by atoms with E-state index in [2.05, 4.69) is 97.3 Å². The van der Waals surface area contributed by atoms with Crippen LogP contribution in [0.25, 0.3) is 72.5 Å². The second kappa shape index (κ2) is 11.5. The molecule has 0 aliphatic rings. The lowest BCUT2D eigenvalue weighted by Crippen LogP contribution is -2.01. The van der Waals surface area contributed by atoms with Crippen molar-refractivity contribution in [3.8, 4) is 62.9 Å². The number of nitriles is 2. The molecule has 0 atom stereocenters. The molecule has 0 saturated carbocycles. The smallest absolute Gasteiger partial charge is 0.161 e. The molecule has 0 saturated heterocycles. The molecule has 3 heterocycles. The first-order valence-corrected chi connectivity index (χ1v) is 15.0. The van der Waals surface area contributed by atoms with E-state index in [-0.39, 0.29) is 0 Å². The van der Waals surface area contributed by atoms with Gasteiger partial charge in [-0.05, 0) is 52.6 Å². The summed E-state index contributed by atoms with van der Waals surface area (Å²) in [6.07, 6.45) is 6.09. The van der Waals surface area contributed by atoms with Crippen LogP contribution in [0.1, 0.15) is 11.1 Å². The highest BCUT2D eigenvalue weighted by Crippen LogP contribution is 2.40. The van der Waals surface area contributed by atoms with Crippen LogP contribution < -0.4 is 0 Å². The SMILES string of the molecule is N#Cc1cnc(-c2ccc(-n3c4cc(-c5ccccc5)ccc4c4ccc(-c5ccccc5)cc43)c(-c3ncc(C#N)cn3)c2)nc1. The predicted octanol–water partition coefficient (Wildman–Crippen LogP) is 8.78. The summed E-state index contributed by atoms with van der Waals surface area (Å²) in [5.41, 5.74) is 9.63. The Labute approximate surface area is 270 Å². The van der Waals surface area contributed by atoms with Crippen LogP contribution in [0.3, 0.4) is 0 Å². The molecule has 0 N–H and O–H groups in total. The lowest BCUT2D eigenvalue weighted by atomic mass is 10.0. The molecule has 0 radical (unpaired) electrons. The fourth-order valence-corrected chi connectivity index (χ4v) is 6.01. The molecule has 0 amide bonds. The van der Waals surface area contributed by atoms with E-state index in [9.17, 15) is 10.5 Å². The summed E-state index contributed by atoms with van der Waals surface area (Å²) in [6, 6.07) is 44.0. The monoisotopic (exact) mass is 601 g/mol. The molecule has 3 aromatic heterocycles. The average molecular weight is 602 g/mol. The van der Waals surface area contributed by atoms with Crippen molar-refractivity contribution in [2.75, 3.05) is 0 Å². The zero-order valence-corrected chi connectivity index (χ0v) is 24.9. The van der Waals surface area contributed by atoms with Gasteiger partial charge in [-0.3, -0.25) is 0 Å². The third-order valence-electron chi connectivity index (χ3n) is 8.28. The summed E-state index contributed by atoms with van der Waals surface area (Å²) in [4.78, 5) is 18.1. The Morgan fingerprint density at radius 1 is 0.447 bits per heavy atom. The van der Waals surface area contributed by atoms with Crippen molar-refractivity contribution >= 4 is 21.8 Å². The molecule has 5 aromatic carbocycles. The van der Waals surface area contributed by atoms with Crippen LogP contribution in [0.15, 0.2) is 140 Å². The third-order valence-corrected chi connectivity index (χ3v) is 8.28. The second-order valence-electron chi connectivity index (χ2n) is 11.1. The van der Waals surface area contributed by atoms with Gasteiger partial charge >= 0.3 is 0 Å². The predicted molar refractivity (Wildman–Crippen MR) is 183 cm³/mol. The minimum Gasteiger partial charge on any atom is -0.308 e. The highest BCUT2D eigenvalue weighted by Gasteiger charge is 2.20. The molecular formula is C40H23N7. The largest absolute Gasteiger partial charge is 0.308 e. The van der Waals surface area contributed by atoms with Crippen LogP contribution in [0.4, 0.5) is 0 Å². The minimum atomic E-state index is 0.374. The number of fused-ring (bicyclic) bond motifs is 3. The van der Waals surface area contributed by atoms with Gasteiger partial charge in [-0.1, -0.05) is 84.9 Å². The van der Waals surface area contributed by atoms with E-state index in [1.165, 1.54) is 24.8 Å². The van der Waals surface area contributed by atoms with Gasteiger partial charge in [-0.25, -0.2) is 19.9 Å². The lowest BCUT2D eigenvalue weighted by Gasteiger charge is -2.15. The first-order chi connectivity index (χ1) is 23.2. The maximum Gasteiger partial charge on any atom is 0.161 e.